The van der Waals surface area contributed by atoms with Gasteiger partial charge >= 0.3 is 0 Å². The molecule has 0 spiro atoms. The van der Waals surface area contributed by atoms with E-state index in [2.05, 4.69) is 20.9 Å². The Morgan fingerprint density at radius 2 is 1.95 bits per heavy atom. The van der Waals surface area contributed by atoms with Gasteiger partial charge in [0.05, 0.1) is 16.4 Å². The van der Waals surface area contributed by atoms with Crippen molar-refractivity contribution < 1.29 is 4.42 Å². The van der Waals surface area contributed by atoms with Crippen LogP contribution < -0.4 is 4.90 Å². The molecule has 0 saturated carbocycles. The average molecular weight is 278 g/mol. The summed E-state index contributed by atoms with van der Waals surface area (Å²) in [5.41, 5.74) is 2.12. The number of para-hydroxylation sites is 1. The van der Waals surface area contributed by atoms with E-state index in [1.165, 1.54) is 6.39 Å². The first kappa shape index (κ1) is 12.5. The van der Waals surface area contributed by atoms with Gasteiger partial charge in [0.2, 0.25) is 0 Å². The van der Waals surface area contributed by atoms with E-state index < -0.39 is 0 Å². The van der Waals surface area contributed by atoms with Crippen molar-refractivity contribution in [3.63, 3.8) is 0 Å². The van der Waals surface area contributed by atoms with Crippen molar-refractivity contribution in [3.8, 4) is 0 Å². The lowest BCUT2D eigenvalue weighted by molar-refractivity contribution is 0.247. The van der Waals surface area contributed by atoms with E-state index in [1.807, 2.05) is 18.2 Å². The first-order valence-corrected chi connectivity index (χ1v) is 6.79. The maximum atomic E-state index is 6.23. The molecule has 2 aromatic rings. The lowest BCUT2D eigenvalue weighted by Crippen LogP contribution is -2.46. The lowest BCUT2D eigenvalue weighted by Gasteiger charge is -2.36. The van der Waals surface area contributed by atoms with Crippen LogP contribution in [0.1, 0.15) is 5.69 Å². The van der Waals surface area contributed by atoms with Crippen LogP contribution in [-0.4, -0.2) is 36.1 Å². The van der Waals surface area contributed by atoms with Crippen LogP contribution in [0.25, 0.3) is 0 Å². The highest BCUT2D eigenvalue weighted by Gasteiger charge is 2.19. The smallest absolute Gasteiger partial charge is 0.180 e. The van der Waals surface area contributed by atoms with Gasteiger partial charge in [0.1, 0.15) is 6.26 Å². The van der Waals surface area contributed by atoms with Crippen LogP contribution in [0, 0.1) is 0 Å². The molecule has 19 heavy (non-hydrogen) atoms. The van der Waals surface area contributed by atoms with E-state index in [4.69, 9.17) is 16.0 Å². The van der Waals surface area contributed by atoms with Crippen LogP contribution in [0.2, 0.25) is 5.02 Å². The Bertz CT molecular complexity index is 521. The number of halogens is 1. The van der Waals surface area contributed by atoms with E-state index in [0.717, 1.165) is 49.1 Å². The molecule has 0 unspecified atom stereocenters. The molecular weight excluding hydrogens is 262 g/mol. The molecule has 100 valence electrons. The lowest BCUT2D eigenvalue weighted by atomic mass is 10.2. The standard InChI is InChI=1S/C14H16ClN3O/c15-13-3-1-2-4-14(13)18-7-5-17(6-8-18)9-12-10-19-11-16-12/h1-4,10-11H,5-9H2. The third kappa shape index (κ3) is 2.91. The third-order valence-corrected chi connectivity index (χ3v) is 3.75. The molecule has 0 radical (unpaired) electrons. The van der Waals surface area contributed by atoms with Crippen LogP contribution in [0.4, 0.5) is 5.69 Å². The summed E-state index contributed by atoms with van der Waals surface area (Å²) < 4.78 is 5.00. The summed E-state index contributed by atoms with van der Waals surface area (Å²) in [5, 5.41) is 0.826. The second-order valence-corrected chi connectivity index (χ2v) is 5.10. The van der Waals surface area contributed by atoms with Gasteiger partial charge in [0.15, 0.2) is 6.39 Å². The molecule has 1 aromatic heterocycles. The number of rotatable bonds is 3. The highest BCUT2D eigenvalue weighted by molar-refractivity contribution is 6.33. The van der Waals surface area contributed by atoms with Crippen molar-refractivity contribution in [2.24, 2.45) is 0 Å². The topological polar surface area (TPSA) is 32.5 Å². The normalized spacial score (nSPS) is 16.8. The second kappa shape index (κ2) is 5.63. The van der Waals surface area contributed by atoms with E-state index >= 15 is 0 Å². The summed E-state index contributed by atoms with van der Waals surface area (Å²) in [6.07, 6.45) is 3.19. The highest BCUT2D eigenvalue weighted by atomic mass is 35.5. The van der Waals surface area contributed by atoms with Gasteiger partial charge in [-0.3, -0.25) is 4.90 Å². The molecular formula is C14H16ClN3O. The molecule has 1 aromatic carbocycles. The number of aromatic nitrogens is 1. The van der Waals surface area contributed by atoms with Crippen molar-refractivity contribution in [2.45, 2.75) is 6.54 Å². The fraction of sp³-hybridized carbons (Fsp3) is 0.357. The van der Waals surface area contributed by atoms with Crippen LogP contribution in [0.15, 0.2) is 41.3 Å². The molecule has 5 heteroatoms. The number of hydrogen-bond acceptors (Lipinski definition) is 4. The number of nitrogens with zero attached hydrogens (tertiary/aromatic N) is 3. The average Bonchev–Trinajstić information content (AvgIpc) is 2.93. The number of piperazine rings is 1. The second-order valence-electron chi connectivity index (χ2n) is 4.69. The Hall–Kier alpha value is -1.52. The highest BCUT2D eigenvalue weighted by Crippen LogP contribution is 2.26. The minimum Gasteiger partial charge on any atom is -0.451 e. The summed E-state index contributed by atoms with van der Waals surface area (Å²) in [5.74, 6) is 0. The van der Waals surface area contributed by atoms with Gasteiger partial charge in [-0.15, -0.1) is 0 Å². The minimum absolute atomic E-state index is 0.826. The molecule has 0 amide bonds. The minimum atomic E-state index is 0.826. The van der Waals surface area contributed by atoms with E-state index in [1.54, 1.807) is 6.26 Å². The summed E-state index contributed by atoms with van der Waals surface area (Å²) in [6, 6.07) is 8.02. The van der Waals surface area contributed by atoms with Crippen molar-refractivity contribution in [1.29, 1.82) is 0 Å². The first-order valence-electron chi connectivity index (χ1n) is 6.42. The molecule has 1 aliphatic rings. The number of anilines is 1. The quantitative estimate of drug-likeness (QED) is 0.863. The van der Waals surface area contributed by atoms with Crippen LogP contribution in [-0.2, 0) is 6.54 Å². The van der Waals surface area contributed by atoms with Crippen molar-refractivity contribution in [1.82, 2.24) is 9.88 Å². The van der Waals surface area contributed by atoms with Crippen molar-refractivity contribution in [3.05, 3.63) is 47.6 Å². The zero-order chi connectivity index (χ0) is 13.1. The summed E-state index contributed by atoms with van der Waals surface area (Å²) in [6.45, 7) is 4.85. The van der Waals surface area contributed by atoms with Crippen LogP contribution in [0.5, 0.6) is 0 Å². The van der Waals surface area contributed by atoms with Gasteiger partial charge < -0.3 is 9.32 Å². The van der Waals surface area contributed by atoms with Gasteiger partial charge in [0.25, 0.3) is 0 Å². The third-order valence-electron chi connectivity index (χ3n) is 3.43. The summed E-state index contributed by atoms with van der Waals surface area (Å²) >= 11 is 6.23. The molecule has 0 atom stereocenters. The predicted molar refractivity (Wildman–Crippen MR) is 75.4 cm³/mol. The maximum absolute atomic E-state index is 6.23. The molecule has 3 rings (SSSR count). The van der Waals surface area contributed by atoms with E-state index in [-0.39, 0.29) is 0 Å². The van der Waals surface area contributed by atoms with E-state index in [9.17, 15) is 0 Å². The molecule has 0 N–H and O–H groups in total. The van der Waals surface area contributed by atoms with Gasteiger partial charge in [-0.2, -0.15) is 0 Å². The monoisotopic (exact) mass is 277 g/mol. The number of hydrogen-bond donors (Lipinski definition) is 0. The molecule has 0 bridgehead atoms. The molecule has 2 heterocycles. The molecule has 1 aliphatic heterocycles. The molecule has 1 fully saturated rings. The zero-order valence-electron chi connectivity index (χ0n) is 10.6. The maximum Gasteiger partial charge on any atom is 0.180 e. The zero-order valence-corrected chi connectivity index (χ0v) is 11.4. The first-order chi connectivity index (χ1) is 9.33. The Balaban J connectivity index is 1.59. The molecule has 0 aliphatic carbocycles. The predicted octanol–water partition coefficient (Wildman–Crippen LogP) is 2.65. The van der Waals surface area contributed by atoms with Crippen molar-refractivity contribution >= 4 is 17.3 Å². The Labute approximate surface area is 117 Å². The molecule has 1 saturated heterocycles. The van der Waals surface area contributed by atoms with Gasteiger partial charge in [0, 0.05) is 32.7 Å². The van der Waals surface area contributed by atoms with Gasteiger partial charge in [-0.25, -0.2) is 4.98 Å². The van der Waals surface area contributed by atoms with Gasteiger partial charge in [-0.05, 0) is 12.1 Å². The van der Waals surface area contributed by atoms with Gasteiger partial charge in [-0.1, -0.05) is 23.7 Å². The summed E-state index contributed by atoms with van der Waals surface area (Å²) in [4.78, 5) is 8.87. The van der Waals surface area contributed by atoms with Crippen molar-refractivity contribution in [2.75, 3.05) is 31.1 Å². The largest absolute Gasteiger partial charge is 0.451 e. The Morgan fingerprint density at radius 1 is 1.16 bits per heavy atom. The fourth-order valence-electron chi connectivity index (χ4n) is 2.40. The SMILES string of the molecule is Clc1ccccc1N1CCN(Cc2cocn2)CC1. The fourth-order valence-corrected chi connectivity index (χ4v) is 2.66. The van der Waals surface area contributed by atoms with Crippen LogP contribution >= 0.6 is 11.6 Å². The Kier molecular flexibility index (Phi) is 3.71. The number of oxazole rings is 1. The number of benzene rings is 1. The van der Waals surface area contributed by atoms with Crippen LogP contribution in [0.3, 0.4) is 0 Å². The van der Waals surface area contributed by atoms with E-state index in [0.29, 0.717) is 0 Å². The molecule has 4 nitrogen and oxygen atoms in total. The summed E-state index contributed by atoms with van der Waals surface area (Å²) in [7, 11) is 0. The Morgan fingerprint density at radius 3 is 2.63 bits per heavy atom.